The number of anilines is 1. The van der Waals surface area contributed by atoms with E-state index in [1.54, 1.807) is 18.2 Å². The third kappa shape index (κ3) is 6.93. The number of nitrogens with one attached hydrogen (secondary N) is 1. The largest absolute Gasteiger partial charge is 0.283 e. The van der Waals surface area contributed by atoms with Gasteiger partial charge in [-0.1, -0.05) is 28.1 Å². The van der Waals surface area contributed by atoms with Crippen molar-refractivity contribution in [2.75, 3.05) is 21.4 Å². The van der Waals surface area contributed by atoms with E-state index in [4.69, 9.17) is 0 Å². The second-order valence-electron chi connectivity index (χ2n) is 4.25. The summed E-state index contributed by atoms with van der Waals surface area (Å²) in [4.78, 5) is 0. The van der Waals surface area contributed by atoms with Crippen LogP contribution in [0.25, 0.3) is 0 Å². The molecule has 108 valence electrons. The van der Waals surface area contributed by atoms with Crippen LogP contribution in [0.15, 0.2) is 24.3 Å². The van der Waals surface area contributed by atoms with Gasteiger partial charge in [0.05, 0.1) is 0 Å². The molecule has 5 nitrogen and oxygen atoms in total. The van der Waals surface area contributed by atoms with Gasteiger partial charge in [-0.2, -0.15) is 0 Å². The minimum absolute atomic E-state index is 0.385. The summed E-state index contributed by atoms with van der Waals surface area (Å²) in [5.41, 5.74) is 1.38. The zero-order chi connectivity index (χ0) is 14.5. The van der Waals surface area contributed by atoms with Gasteiger partial charge < -0.3 is 0 Å². The molecule has 0 saturated carbocycles. The smallest absolute Gasteiger partial charge is 0.247 e. The molecule has 0 bridgehead atoms. The van der Waals surface area contributed by atoms with E-state index in [0.29, 0.717) is 5.69 Å². The number of aryl methyl sites for hydroxylation is 1. The predicted molar refractivity (Wildman–Crippen MR) is 80.8 cm³/mol. The van der Waals surface area contributed by atoms with Crippen LogP contribution >= 0.6 is 15.9 Å². The van der Waals surface area contributed by atoms with E-state index in [-0.39, 0.29) is 0 Å². The molecule has 0 aliphatic heterocycles. The van der Waals surface area contributed by atoms with Crippen LogP contribution < -0.4 is 4.72 Å². The monoisotopic (exact) mass is 369 g/mol. The quantitative estimate of drug-likeness (QED) is 0.742. The number of sulfone groups is 1. The molecule has 0 aliphatic carbocycles. The molecule has 0 spiro atoms. The highest BCUT2D eigenvalue weighted by atomic mass is 79.9. The van der Waals surface area contributed by atoms with E-state index < -0.39 is 24.9 Å². The van der Waals surface area contributed by atoms with Gasteiger partial charge in [0.15, 0.2) is 14.9 Å². The molecule has 0 amide bonds. The van der Waals surface area contributed by atoms with Crippen LogP contribution in [0.5, 0.6) is 0 Å². The second kappa shape index (κ2) is 6.71. The molecule has 1 aromatic carbocycles. The van der Waals surface area contributed by atoms with Crippen molar-refractivity contribution >= 4 is 41.5 Å². The number of alkyl halides is 1. The third-order valence-electron chi connectivity index (χ3n) is 2.17. The Hall–Kier alpha value is -0.600. The number of hydrogen-bond acceptors (Lipinski definition) is 4. The summed E-state index contributed by atoms with van der Waals surface area (Å²) in [5, 5.41) is -0.0390. The van der Waals surface area contributed by atoms with Crippen LogP contribution in [0.2, 0.25) is 0 Å². The number of benzene rings is 1. The summed E-state index contributed by atoms with van der Waals surface area (Å²) in [6.45, 7) is 0. The van der Waals surface area contributed by atoms with Gasteiger partial charge in [-0.05, 0) is 30.5 Å². The lowest BCUT2D eigenvalue weighted by Crippen LogP contribution is -2.22. The lowest BCUT2D eigenvalue weighted by Gasteiger charge is -2.08. The van der Waals surface area contributed by atoms with Gasteiger partial charge in [-0.15, -0.1) is 0 Å². The first-order valence-corrected chi connectivity index (χ1v) is 10.4. The lowest BCUT2D eigenvalue weighted by molar-refractivity contribution is 0.595. The molecule has 0 atom stereocenters. The van der Waals surface area contributed by atoms with E-state index in [0.717, 1.165) is 30.0 Å². The van der Waals surface area contributed by atoms with Gasteiger partial charge in [0, 0.05) is 17.3 Å². The average molecular weight is 370 g/mol. The van der Waals surface area contributed by atoms with Gasteiger partial charge in [0.2, 0.25) is 10.0 Å². The van der Waals surface area contributed by atoms with Crippen molar-refractivity contribution in [1.82, 2.24) is 0 Å². The number of halogens is 1. The Bertz CT molecular complexity index is 626. The van der Waals surface area contributed by atoms with Crippen LogP contribution in [-0.2, 0) is 26.3 Å². The summed E-state index contributed by atoms with van der Waals surface area (Å²) in [6.07, 6.45) is 2.66. The Balaban J connectivity index is 2.82. The van der Waals surface area contributed by atoms with Gasteiger partial charge in [-0.3, -0.25) is 4.72 Å². The Morgan fingerprint density at radius 2 is 1.89 bits per heavy atom. The molecule has 0 heterocycles. The fraction of sp³-hybridized carbons (Fsp3) is 0.455. The first-order valence-electron chi connectivity index (χ1n) is 5.55. The highest BCUT2D eigenvalue weighted by Gasteiger charge is 2.18. The van der Waals surface area contributed by atoms with Crippen molar-refractivity contribution in [3.63, 3.8) is 0 Å². The van der Waals surface area contributed by atoms with E-state index >= 15 is 0 Å². The Kier molecular flexibility index (Phi) is 5.82. The molecule has 0 saturated heterocycles. The summed E-state index contributed by atoms with van der Waals surface area (Å²) >= 11 is 3.33. The molecule has 0 aliphatic rings. The van der Waals surface area contributed by atoms with Crippen molar-refractivity contribution in [2.24, 2.45) is 0 Å². The van der Waals surface area contributed by atoms with Crippen molar-refractivity contribution in [2.45, 2.75) is 12.8 Å². The molecule has 0 aromatic heterocycles. The van der Waals surface area contributed by atoms with E-state index in [2.05, 4.69) is 20.7 Å². The Labute approximate surface area is 122 Å². The van der Waals surface area contributed by atoms with Crippen molar-refractivity contribution in [3.05, 3.63) is 29.8 Å². The zero-order valence-electron chi connectivity index (χ0n) is 10.5. The number of hydrogen-bond donors (Lipinski definition) is 1. The van der Waals surface area contributed by atoms with Crippen LogP contribution in [0, 0.1) is 0 Å². The van der Waals surface area contributed by atoms with Crippen LogP contribution in [-0.4, -0.2) is 33.5 Å². The predicted octanol–water partition coefficient (Wildman–Crippen LogP) is 1.76. The van der Waals surface area contributed by atoms with E-state index in [1.165, 1.54) is 0 Å². The molecule has 1 N–H and O–H groups in total. The average Bonchev–Trinajstić information content (AvgIpc) is 2.22. The zero-order valence-corrected chi connectivity index (χ0v) is 13.7. The summed E-state index contributed by atoms with van der Waals surface area (Å²) in [6, 6.07) is 6.94. The maximum Gasteiger partial charge on any atom is 0.247 e. The van der Waals surface area contributed by atoms with Crippen LogP contribution in [0.3, 0.4) is 0 Å². The molecule has 0 fully saturated rings. The van der Waals surface area contributed by atoms with Crippen LogP contribution in [0.1, 0.15) is 12.0 Å². The molecule has 0 unspecified atom stereocenters. The minimum atomic E-state index is -3.88. The maximum absolute atomic E-state index is 11.6. The van der Waals surface area contributed by atoms with Crippen molar-refractivity contribution in [3.8, 4) is 0 Å². The lowest BCUT2D eigenvalue weighted by atomic mass is 10.1. The molecule has 8 heteroatoms. The summed E-state index contributed by atoms with van der Waals surface area (Å²) in [5.74, 6) is 0. The topological polar surface area (TPSA) is 80.3 Å². The fourth-order valence-corrected chi connectivity index (χ4v) is 4.81. The standard InChI is InChI=1S/C11H16BrNO4S2/c1-18(14,15)9-19(16,17)13-11-6-2-4-10(8-11)5-3-7-12/h2,4,6,8,13H,3,5,7,9H2,1H3. The van der Waals surface area contributed by atoms with Gasteiger partial charge in [0.25, 0.3) is 0 Å². The van der Waals surface area contributed by atoms with Gasteiger partial charge in [0.1, 0.15) is 0 Å². The second-order valence-corrected chi connectivity index (χ2v) is 9.27. The molecule has 0 radical (unpaired) electrons. The fourth-order valence-electron chi connectivity index (χ4n) is 1.55. The number of sulfonamides is 1. The molecular weight excluding hydrogens is 354 g/mol. The van der Waals surface area contributed by atoms with E-state index in [1.807, 2.05) is 6.07 Å². The van der Waals surface area contributed by atoms with E-state index in [9.17, 15) is 16.8 Å². The molecule has 1 rings (SSSR count). The maximum atomic E-state index is 11.6. The Morgan fingerprint density at radius 3 is 2.47 bits per heavy atom. The highest BCUT2D eigenvalue weighted by Crippen LogP contribution is 2.14. The molecule has 19 heavy (non-hydrogen) atoms. The summed E-state index contributed by atoms with van der Waals surface area (Å²) in [7, 11) is -7.46. The van der Waals surface area contributed by atoms with Crippen LogP contribution in [0.4, 0.5) is 5.69 Å². The van der Waals surface area contributed by atoms with Crippen molar-refractivity contribution < 1.29 is 16.8 Å². The third-order valence-corrected chi connectivity index (χ3v) is 6.23. The first kappa shape index (κ1) is 16.5. The minimum Gasteiger partial charge on any atom is -0.283 e. The highest BCUT2D eigenvalue weighted by molar-refractivity contribution is 9.09. The number of rotatable bonds is 7. The SMILES string of the molecule is CS(=O)(=O)CS(=O)(=O)Nc1cccc(CCCBr)c1. The normalized spacial score (nSPS) is 12.3. The first-order chi connectivity index (χ1) is 8.72. The molecule has 1 aromatic rings. The molecular formula is C11H16BrNO4S2. The van der Waals surface area contributed by atoms with Gasteiger partial charge >= 0.3 is 0 Å². The van der Waals surface area contributed by atoms with Gasteiger partial charge in [-0.25, -0.2) is 16.8 Å². The van der Waals surface area contributed by atoms with Crippen molar-refractivity contribution in [1.29, 1.82) is 0 Å². The summed E-state index contributed by atoms with van der Waals surface area (Å²) < 4.78 is 47.6. The Morgan fingerprint density at radius 1 is 1.21 bits per heavy atom.